The second-order valence-corrected chi connectivity index (χ2v) is 5.96. The van der Waals surface area contributed by atoms with Gasteiger partial charge >= 0.3 is 11.9 Å². The Morgan fingerprint density at radius 2 is 1.52 bits per heavy atom. The maximum atomic E-state index is 12.4. The number of carbonyl (C=O) groups is 3. The standard InChI is InChI=1S/C20H28N2O5/c1-6-22(13-14(4)5)18(23)12-21-17-10-15(19(24)26-7-2)9-16(11-17)20(25)27-8-3/h9-11,21H,4,6-8,12-13H2,1-3,5H3. The first-order valence-corrected chi connectivity index (χ1v) is 8.97. The topological polar surface area (TPSA) is 84.9 Å². The lowest BCUT2D eigenvalue weighted by atomic mass is 10.1. The van der Waals surface area contributed by atoms with E-state index < -0.39 is 11.9 Å². The Morgan fingerprint density at radius 1 is 1.00 bits per heavy atom. The highest BCUT2D eigenvalue weighted by Gasteiger charge is 2.16. The van der Waals surface area contributed by atoms with Crippen molar-refractivity contribution in [1.82, 2.24) is 4.90 Å². The van der Waals surface area contributed by atoms with Gasteiger partial charge in [-0.2, -0.15) is 0 Å². The van der Waals surface area contributed by atoms with E-state index in [4.69, 9.17) is 9.47 Å². The molecule has 1 aromatic rings. The van der Waals surface area contributed by atoms with Gasteiger partial charge in [0, 0.05) is 18.8 Å². The van der Waals surface area contributed by atoms with Crippen molar-refractivity contribution in [2.75, 3.05) is 38.2 Å². The summed E-state index contributed by atoms with van der Waals surface area (Å²) in [6.07, 6.45) is 0. The number of benzene rings is 1. The van der Waals surface area contributed by atoms with E-state index in [-0.39, 0.29) is 36.8 Å². The van der Waals surface area contributed by atoms with Crippen molar-refractivity contribution in [2.24, 2.45) is 0 Å². The third kappa shape index (κ3) is 7.13. The molecule has 0 aliphatic carbocycles. The molecule has 0 radical (unpaired) electrons. The number of ether oxygens (including phenoxy) is 2. The van der Waals surface area contributed by atoms with Gasteiger partial charge < -0.3 is 19.7 Å². The summed E-state index contributed by atoms with van der Waals surface area (Å²) in [4.78, 5) is 38.1. The molecule has 0 heterocycles. The van der Waals surface area contributed by atoms with Crippen LogP contribution in [0, 0.1) is 0 Å². The predicted octanol–water partition coefficient (Wildman–Crippen LogP) is 2.88. The van der Waals surface area contributed by atoms with Crippen molar-refractivity contribution < 1.29 is 23.9 Å². The molecular weight excluding hydrogens is 348 g/mol. The van der Waals surface area contributed by atoms with Gasteiger partial charge in [-0.25, -0.2) is 9.59 Å². The molecule has 0 saturated heterocycles. The molecule has 0 aromatic heterocycles. The van der Waals surface area contributed by atoms with Crippen molar-refractivity contribution in [3.05, 3.63) is 41.5 Å². The largest absolute Gasteiger partial charge is 0.462 e. The third-order valence-corrected chi connectivity index (χ3v) is 3.59. The number of nitrogens with zero attached hydrogens (tertiary/aromatic N) is 1. The monoisotopic (exact) mass is 376 g/mol. The Labute approximate surface area is 160 Å². The molecule has 148 valence electrons. The maximum Gasteiger partial charge on any atom is 0.338 e. The summed E-state index contributed by atoms with van der Waals surface area (Å²) < 4.78 is 10.00. The molecule has 0 spiro atoms. The van der Waals surface area contributed by atoms with E-state index in [0.717, 1.165) is 5.57 Å². The molecule has 27 heavy (non-hydrogen) atoms. The normalized spacial score (nSPS) is 10.1. The zero-order valence-electron chi connectivity index (χ0n) is 16.5. The average molecular weight is 376 g/mol. The van der Waals surface area contributed by atoms with Gasteiger partial charge in [-0.3, -0.25) is 4.79 Å². The van der Waals surface area contributed by atoms with Crippen LogP contribution in [0.3, 0.4) is 0 Å². The van der Waals surface area contributed by atoms with Gasteiger partial charge in [0.05, 0.1) is 30.9 Å². The first-order chi connectivity index (χ1) is 12.8. The SMILES string of the molecule is C=C(C)CN(CC)C(=O)CNc1cc(C(=O)OCC)cc(C(=O)OCC)c1. The smallest absolute Gasteiger partial charge is 0.338 e. The lowest BCUT2D eigenvalue weighted by Crippen LogP contribution is -2.36. The van der Waals surface area contributed by atoms with E-state index in [2.05, 4.69) is 11.9 Å². The van der Waals surface area contributed by atoms with Gasteiger partial charge in [0.2, 0.25) is 5.91 Å². The van der Waals surface area contributed by atoms with Gasteiger partial charge in [0.1, 0.15) is 0 Å². The van der Waals surface area contributed by atoms with Gasteiger partial charge in [0.25, 0.3) is 0 Å². The second kappa shape index (κ2) is 11.0. The van der Waals surface area contributed by atoms with Crippen molar-refractivity contribution in [3.63, 3.8) is 0 Å². The van der Waals surface area contributed by atoms with Gasteiger partial charge in [-0.1, -0.05) is 12.2 Å². The molecule has 0 saturated carbocycles. The van der Waals surface area contributed by atoms with Crippen LogP contribution >= 0.6 is 0 Å². The average Bonchev–Trinajstić information content (AvgIpc) is 2.64. The molecule has 0 bridgehead atoms. The third-order valence-electron chi connectivity index (χ3n) is 3.59. The second-order valence-electron chi connectivity index (χ2n) is 5.96. The fourth-order valence-electron chi connectivity index (χ4n) is 2.39. The van der Waals surface area contributed by atoms with Crippen LogP contribution in [0.2, 0.25) is 0 Å². The van der Waals surface area contributed by atoms with Gasteiger partial charge in [-0.05, 0) is 45.9 Å². The number of amides is 1. The first kappa shape index (κ1) is 22.2. The van der Waals surface area contributed by atoms with E-state index in [9.17, 15) is 14.4 Å². The Bertz CT molecular complexity index is 663. The summed E-state index contributed by atoms with van der Waals surface area (Å²) in [6, 6.07) is 4.51. The quantitative estimate of drug-likeness (QED) is 0.499. The molecule has 1 amide bonds. The minimum Gasteiger partial charge on any atom is -0.462 e. The van der Waals surface area contributed by atoms with Crippen molar-refractivity contribution in [3.8, 4) is 0 Å². The number of hydrogen-bond acceptors (Lipinski definition) is 6. The molecule has 0 fully saturated rings. The Balaban J connectivity index is 3.00. The summed E-state index contributed by atoms with van der Waals surface area (Å²) in [5.41, 5.74) is 1.78. The molecule has 7 heteroatoms. The van der Waals surface area contributed by atoms with Crippen molar-refractivity contribution in [2.45, 2.75) is 27.7 Å². The Hall–Kier alpha value is -2.83. The number of likely N-dealkylation sites (N-methyl/N-ethyl adjacent to an activating group) is 1. The molecular formula is C20H28N2O5. The Kier molecular flexibility index (Phi) is 9.05. The van der Waals surface area contributed by atoms with Crippen LogP contribution in [-0.4, -0.2) is 55.6 Å². The van der Waals surface area contributed by atoms with Crippen LogP contribution < -0.4 is 5.32 Å². The van der Waals surface area contributed by atoms with Crippen LogP contribution in [0.1, 0.15) is 48.4 Å². The zero-order chi connectivity index (χ0) is 20.4. The number of rotatable bonds is 10. The molecule has 1 aromatic carbocycles. The summed E-state index contributed by atoms with van der Waals surface area (Å²) in [6.45, 7) is 12.5. The van der Waals surface area contributed by atoms with Crippen molar-refractivity contribution >= 4 is 23.5 Å². The summed E-state index contributed by atoms with van der Waals surface area (Å²) in [5.74, 6) is -1.20. The highest BCUT2D eigenvalue weighted by atomic mass is 16.5. The summed E-state index contributed by atoms with van der Waals surface area (Å²) >= 11 is 0. The highest BCUT2D eigenvalue weighted by molar-refractivity contribution is 5.97. The number of nitrogens with one attached hydrogen (secondary N) is 1. The lowest BCUT2D eigenvalue weighted by Gasteiger charge is -2.21. The maximum absolute atomic E-state index is 12.4. The predicted molar refractivity (Wildman–Crippen MR) is 104 cm³/mol. The van der Waals surface area contributed by atoms with E-state index in [1.54, 1.807) is 30.9 Å². The van der Waals surface area contributed by atoms with E-state index in [1.165, 1.54) is 6.07 Å². The minimum atomic E-state index is -0.546. The fraction of sp³-hybridized carbons (Fsp3) is 0.450. The van der Waals surface area contributed by atoms with Crippen LogP contribution in [0.25, 0.3) is 0 Å². The summed E-state index contributed by atoms with van der Waals surface area (Å²) in [7, 11) is 0. The molecule has 0 atom stereocenters. The van der Waals surface area contributed by atoms with E-state index in [1.807, 2.05) is 13.8 Å². The molecule has 1 N–H and O–H groups in total. The van der Waals surface area contributed by atoms with Crippen LogP contribution in [0.4, 0.5) is 5.69 Å². The molecule has 0 aliphatic heterocycles. The highest BCUT2D eigenvalue weighted by Crippen LogP contribution is 2.17. The van der Waals surface area contributed by atoms with E-state index >= 15 is 0 Å². The lowest BCUT2D eigenvalue weighted by molar-refractivity contribution is -0.128. The molecule has 0 unspecified atom stereocenters. The first-order valence-electron chi connectivity index (χ1n) is 8.97. The van der Waals surface area contributed by atoms with Crippen molar-refractivity contribution in [1.29, 1.82) is 0 Å². The van der Waals surface area contributed by atoms with Gasteiger partial charge in [0.15, 0.2) is 0 Å². The number of hydrogen-bond donors (Lipinski definition) is 1. The van der Waals surface area contributed by atoms with Gasteiger partial charge in [-0.15, -0.1) is 0 Å². The molecule has 1 rings (SSSR count). The number of anilines is 1. The summed E-state index contributed by atoms with van der Waals surface area (Å²) in [5, 5.41) is 2.97. The van der Waals surface area contributed by atoms with Crippen LogP contribution in [0.5, 0.6) is 0 Å². The fourth-order valence-corrected chi connectivity index (χ4v) is 2.39. The number of carbonyl (C=O) groups excluding carboxylic acids is 3. The van der Waals surface area contributed by atoms with E-state index in [0.29, 0.717) is 18.8 Å². The zero-order valence-corrected chi connectivity index (χ0v) is 16.5. The van der Waals surface area contributed by atoms with Crippen LogP contribution in [-0.2, 0) is 14.3 Å². The molecule has 0 aliphatic rings. The molecule has 7 nitrogen and oxygen atoms in total. The van der Waals surface area contributed by atoms with Crippen LogP contribution in [0.15, 0.2) is 30.4 Å². The minimum absolute atomic E-state index is 0.0235. The number of esters is 2. The Morgan fingerprint density at radius 3 is 1.93 bits per heavy atom.